The van der Waals surface area contributed by atoms with Crippen LogP contribution in [0.1, 0.15) is 72.6 Å². The molecular weight excluding hydrogens is 182 g/mol. The van der Waals surface area contributed by atoms with Crippen molar-refractivity contribution in [1.82, 2.24) is 5.32 Å². The van der Waals surface area contributed by atoms with Gasteiger partial charge in [0.1, 0.15) is 0 Å². The number of unbranched alkanes of at least 4 members (excludes halogenated alkanes) is 5. The molecule has 0 spiro atoms. The van der Waals surface area contributed by atoms with E-state index in [0.717, 1.165) is 5.92 Å². The maximum absolute atomic E-state index is 3.51. The topological polar surface area (TPSA) is 12.0 Å². The molecule has 1 heteroatoms. The molecule has 0 aliphatic carbocycles. The predicted molar refractivity (Wildman–Crippen MR) is 70.3 cm³/mol. The van der Waals surface area contributed by atoms with Gasteiger partial charge >= 0.3 is 0 Å². The Kier molecular flexibility index (Phi) is 10.4. The summed E-state index contributed by atoms with van der Waals surface area (Å²) in [6.07, 6.45) is 9.91. The van der Waals surface area contributed by atoms with E-state index in [9.17, 15) is 0 Å². The predicted octanol–water partition coefficient (Wildman–Crippen LogP) is 4.37. The van der Waals surface area contributed by atoms with Gasteiger partial charge in [0.2, 0.25) is 0 Å². The van der Waals surface area contributed by atoms with Crippen LogP contribution in [0.5, 0.6) is 0 Å². The summed E-state index contributed by atoms with van der Waals surface area (Å²) in [5.74, 6) is 0.846. The number of nitrogens with one attached hydrogen (secondary N) is 1. The third-order valence-electron chi connectivity index (χ3n) is 2.93. The van der Waals surface area contributed by atoms with Crippen LogP contribution in [0.2, 0.25) is 0 Å². The van der Waals surface area contributed by atoms with Crippen LogP contribution in [0, 0.1) is 5.92 Å². The number of hydrogen-bond acceptors (Lipinski definition) is 1. The smallest absolute Gasteiger partial charge is 0.00104 e. The lowest BCUT2D eigenvalue weighted by molar-refractivity contribution is 0.432. The zero-order chi connectivity index (χ0) is 11.5. The molecule has 1 atom stereocenters. The van der Waals surface area contributed by atoms with E-state index in [4.69, 9.17) is 0 Å². The van der Waals surface area contributed by atoms with E-state index in [2.05, 4.69) is 33.0 Å². The highest BCUT2D eigenvalue weighted by molar-refractivity contribution is 4.60. The SMILES string of the molecule is CCCCCCCCC(C)CNC(C)C. The van der Waals surface area contributed by atoms with Gasteiger partial charge in [-0.1, -0.05) is 66.2 Å². The summed E-state index contributed by atoms with van der Waals surface area (Å²) in [6, 6.07) is 0.636. The van der Waals surface area contributed by atoms with Crippen molar-refractivity contribution >= 4 is 0 Å². The van der Waals surface area contributed by atoms with Crippen molar-refractivity contribution in [3.63, 3.8) is 0 Å². The van der Waals surface area contributed by atoms with Gasteiger partial charge in [0.05, 0.1) is 0 Å². The third-order valence-corrected chi connectivity index (χ3v) is 2.93. The Morgan fingerprint density at radius 1 is 0.867 bits per heavy atom. The van der Waals surface area contributed by atoms with Crippen LogP contribution in [0.3, 0.4) is 0 Å². The molecule has 1 unspecified atom stereocenters. The Hall–Kier alpha value is -0.0400. The Labute approximate surface area is 97.0 Å². The average molecular weight is 213 g/mol. The molecule has 0 saturated heterocycles. The number of rotatable bonds is 10. The highest BCUT2D eigenvalue weighted by Crippen LogP contribution is 2.11. The van der Waals surface area contributed by atoms with Gasteiger partial charge in [-0.3, -0.25) is 0 Å². The van der Waals surface area contributed by atoms with Crippen molar-refractivity contribution in [1.29, 1.82) is 0 Å². The van der Waals surface area contributed by atoms with Crippen LogP contribution in [-0.4, -0.2) is 12.6 Å². The Balaban J connectivity index is 3.13. The average Bonchev–Trinajstić information content (AvgIpc) is 2.20. The van der Waals surface area contributed by atoms with Gasteiger partial charge in [0.15, 0.2) is 0 Å². The van der Waals surface area contributed by atoms with Gasteiger partial charge in [-0.05, 0) is 18.9 Å². The maximum atomic E-state index is 3.51. The van der Waals surface area contributed by atoms with Crippen molar-refractivity contribution < 1.29 is 0 Å². The first kappa shape index (κ1) is 15.0. The second kappa shape index (κ2) is 10.5. The summed E-state index contributed by atoms with van der Waals surface area (Å²) in [7, 11) is 0. The lowest BCUT2D eigenvalue weighted by Crippen LogP contribution is -2.27. The first-order valence-corrected chi connectivity index (χ1v) is 6.90. The normalized spacial score (nSPS) is 13.4. The van der Waals surface area contributed by atoms with Crippen LogP contribution < -0.4 is 5.32 Å². The zero-order valence-corrected chi connectivity index (χ0v) is 11.3. The second-order valence-electron chi connectivity index (χ2n) is 5.22. The molecule has 0 rings (SSSR count). The molecule has 1 nitrogen and oxygen atoms in total. The molecule has 0 radical (unpaired) electrons. The van der Waals surface area contributed by atoms with Crippen molar-refractivity contribution in [2.75, 3.05) is 6.54 Å². The highest BCUT2D eigenvalue weighted by atomic mass is 14.9. The largest absolute Gasteiger partial charge is 0.314 e. The van der Waals surface area contributed by atoms with Crippen molar-refractivity contribution in [3.05, 3.63) is 0 Å². The summed E-state index contributed by atoms with van der Waals surface area (Å²) in [5.41, 5.74) is 0. The van der Waals surface area contributed by atoms with Crippen LogP contribution in [0.15, 0.2) is 0 Å². The second-order valence-corrected chi connectivity index (χ2v) is 5.22. The minimum absolute atomic E-state index is 0.636. The summed E-state index contributed by atoms with van der Waals surface area (Å²) >= 11 is 0. The lowest BCUT2D eigenvalue weighted by atomic mass is 10.0. The highest BCUT2D eigenvalue weighted by Gasteiger charge is 2.02. The van der Waals surface area contributed by atoms with Gasteiger partial charge in [-0.15, -0.1) is 0 Å². The van der Waals surface area contributed by atoms with Crippen LogP contribution >= 0.6 is 0 Å². The van der Waals surface area contributed by atoms with Gasteiger partial charge in [0.25, 0.3) is 0 Å². The molecule has 0 bridgehead atoms. The van der Waals surface area contributed by atoms with Gasteiger partial charge in [-0.2, -0.15) is 0 Å². The Morgan fingerprint density at radius 3 is 2.07 bits per heavy atom. The van der Waals surface area contributed by atoms with Crippen LogP contribution in [-0.2, 0) is 0 Å². The molecule has 92 valence electrons. The van der Waals surface area contributed by atoms with E-state index in [1.807, 2.05) is 0 Å². The van der Waals surface area contributed by atoms with Crippen molar-refractivity contribution in [2.45, 2.75) is 78.7 Å². The molecule has 0 amide bonds. The van der Waals surface area contributed by atoms with Crippen LogP contribution in [0.4, 0.5) is 0 Å². The van der Waals surface area contributed by atoms with Crippen molar-refractivity contribution in [3.8, 4) is 0 Å². The summed E-state index contributed by atoms with van der Waals surface area (Å²) < 4.78 is 0. The molecule has 0 aromatic carbocycles. The Bertz CT molecular complexity index is 121. The molecule has 0 saturated carbocycles. The molecular formula is C14H31N. The fraction of sp³-hybridized carbons (Fsp3) is 1.00. The molecule has 1 N–H and O–H groups in total. The maximum Gasteiger partial charge on any atom is 0.00104 e. The quantitative estimate of drug-likeness (QED) is 0.531. The molecule has 0 aromatic rings. The van der Waals surface area contributed by atoms with Crippen LogP contribution in [0.25, 0.3) is 0 Å². The van der Waals surface area contributed by atoms with E-state index in [0.29, 0.717) is 6.04 Å². The fourth-order valence-electron chi connectivity index (χ4n) is 1.81. The summed E-state index contributed by atoms with van der Waals surface area (Å²) in [5, 5.41) is 3.51. The molecule has 15 heavy (non-hydrogen) atoms. The molecule has 0 heterocycles. The molecule has 0 aliphatic heterocycles. The fourth-order valence-corrected chi connectivity index (χ4v) is 1.81. The van der Waals surface area contributed by atoms with E-state index in [1.54, 1.807) is 0 Å². The summed E-state index contributed by atoms with van der Waals surface area (Å²) in [4.78, 5) is 0. The first-order valence-electron chi connectivity index (χ1n) is 6.90. The van der Waals surface area contributed by atoms with E-state index in [-0.39, 0.29) is 0 Å². The number of hydrogen-bond donors (Lipinski definition) is 1. The van der Waals surface area contributed by atoms with Gasteiger partial charge in [0, 0.05) is 6.04 Å². The van der Waals surface area contributed by atoms with E-state index < -0.39 is 0 Å². The van der Waals surface area contributed by atoms with Gasteiger partial charge < -0.3 is 5.32 Å². The zero-order valence-electron chi connectivity index (χ0n) is 11.3. The third kappa shape index (κ3) is 11.9. The van der Waals surface area contributed by atoms with Crippen molar-refractivity contribution in [2.24, 2.45) is 5.92 Å². The summed E-state index contributed by atoms with van der Waals surface area (Å²) in [6.45, 7) is 10.3. The minimum atomic E-state index is 0.636. The molecule has 0 fully saturated rings. The minimum Gasteiger partial charge on any atom is -0.314 e. The first-order chi connectivity index (χ1) is 7.16. The van der Waals surface area contributed by atoms with E-state index in [1.165, 1.54) is 51.5 Å². The van der Waals surface area contributed by atoms with E-state index >= 15 is 0 Å². The lowest BCUT2D eigenvalue weighted by Gasteiger charge is -2.14. The Morgan fingerprint density at radius 2 is 1.47 bits per heavy atom. The molecule has 0 aromatic heterocycles. The molecule has 0 aliphatic rings. The standard InChI is InChI=1S/C14H31N/c1-5-6-7-8-9-10-11-14(4)12-15-13(2)3/h13-15H,5-12H2,1-4H3. The van der Waals surface area contributed by atoms with Gasteiger partial charge in [-0.25, -0.2) is 0 Å². The monoisotopic (exact) mass is 213 g/mol.